The molecule has 1 N–H and O–H groups in total. The van der Waals surface area contributed by atoms with E-state index >= 15 is 0 Å². The van der Waals surface area contributed by atoms with Gasteiger partial charge >= 0.3 is 0 Å². The summed E-state index contributed by atoms with van der Waals surface area (Å²) in [6.07, 6.45) is 2.85. The van der Waals surface area contributed by atoms with Crippen LogP contribution >= 0.6 is 0 Å². The molecule has 0 bridgehead atoms. The minimum absolute atomic E-state index is 0.414. The molecule has 2 heterocycles. The lowest BCUT2D eigenvalue weighted by Gasteiger charge is -2.25. The third-order valence-corrected chi connectivity index (χ3v) is 2.97. The van der Waals surface area contributed by atoms with Crippen molar-refractivity contribution in [1.82, 2.24) is 0 Å². The van der Waals surface area contributed by atoms with Gasteiger partial charge in [0.25, 0.3) is 0 Å². The van der Waals surface area contributed by atoms with Crippen LogP contribution in [0.4, 0.5) is 5.69 Å². The van der Waals surface area contributed by atoms with E-state index in [1.807, 2.05) is 6.07 Å². The van der Waals surface area contributed by atoms with E-state index in [1.165, 1.54) is 11.3 Å². The van der Waals surface area contributed by atoms with Gasteiger partial charge in [0.05, 0.1) is 6.26 Å². The smallest absolute Gasteiger partial charge is 0.111 e. The molecule has 1 aromatic heterocycles. The molecule has 76 valence electrons. The minimum Gasteiger partial charge on any atom is -0.469 e. The van der Waals surface area contributed by atoms with Gasteiger partial charge in [-0.2, -0.15) is 0 Å². The average molecular weight is 199 g/mol. The highest BCUT2D eigenvalue weighted by Crippen LogP contribution is 2.36. The van der Waals surface area contributed by atoms with Crippen LogP contribution < -0.4 is 5.32 Å². The number of furan rings is 1. The van der Waals surface area contributed by atoms with E-state index in [1.54, 1.807) is 6.26 Å². The molecule has 15 heavy (non-hydrogen) atoms. The standard InChI is InChI=1S/C13H13NO/c1-2-5-12-10(4-1)11(7-8-14-12)13-6-3-9-15-13/h1-6,9,11,14H,7-8H2. The summed E-state index contributed by atoms with van der Waals surface area (Å²) in [5.74, 6) is 1.49. The van der Waals surface area contributed by atoms with Gasteiger partial charge in [-0.05, 0) is 30.2 Å². The van der Waals surface area contributed by atoms with Crippen molar-refractivity contribution in [2.75, 3.05) is 11.9 Å². The maximum atomic E-state index is 5.50. The van der Waals surface area contributed by atoms with Gasteiger partial charge in [0, 0.05) is 18.2 Å². The van der Waals surface area contributed by atoms with Gasteiger partial charge < -0.3 is 9.73 Å². The number of rotatable bonds is 1. The summed E-state index contributed by atoms with van der Waals surface area (Å²) in [5, 5.41) is 3.41. The number of fused-ring (bicyclic) bond motifs is 1. The first-order valence-corrected chi connectivity index (χ1v) is 5.31. The highest BCUT2D eigenvalue weighted by Gasteiger charge is 2.22. The van der Waals surface area contributed by atoms with E-state index in [0.29, 0.717) is 5.92 Å². The third kappa shape index (κ3) is 1.42. The molecule has 3 rings (SSSR count). The van der Waals surface area contributed by atoms with Crippen LogP contribution in [0.2, 0.25) is 0 Å². The fourth-order valence-corrected chi connectivity index (χ4v) is 2.25. The van der Waals surface area contributed by atoms with Crippen LogP contribution in [0.1, 0.15) is 23.7 Å². The van der Waals surface area contributed by atoms with Gasteiger partial charge in [0.1, 0.15) is 5.76 Å². The molecule has 1 aromatic carbocycles. The van der Waals surface area contributed by atoms with Crippen LogP contribution in [0.25, 0.3) is 0 Å². The zero-order valence-corrected chi connectivity index (χ0v) is 8.44. The van der Waals surface area contributed by atoms with Gasteiger partial charge in [-0.1, -0.05) is 18.2 Å². The number of para-hydroxylation sites is 1. The molecule has 1 aliphatic heterocycles. The van der Waals surface area contributed by atoms with E-state index in [0.717, 1.165) is 18.7 Å². The van der Waals surface area contributed by atoms with Gasteiger partial charge in [-0.3, -0.25) is 0 Å². The molecule has 0 radical (unpaired) electrons. The Morgan fingerprint density at radius 1 is 1.13 bits per heavy atom. The maximum Gasteiger partial charge on any atom is 0.111 e. The first-order chi connectivity index (χ1) is 7.45. The molecule has 1 unspecified atom stereocenters. The Balaban J connectivity index is 2.06. The fraction of sp³-hybridized carbons (Fsp3) is 0.231. The lowest BCUT2D eigenvalue weighted by molar-refractivity contribution is 0.474. The summed E-state index contributed by atoms with van der Waals surface area (Å²) in [6.45, 7) is 1.02. The van der Waals surface area contributed by atoms with Gasteiger partial charge in [-0.15, -0.1) is 0 Å². The molecule has 1 aliphatic rings. The Labute approximate surface area is 88.9 Å². The van der Waals surface area contributed by atoms with E-state index < -0.39 is 0 Å². The maximum absolute atomic E-state index is 5.50. The Bertz CT molecular complexity index is 447. The third-order valence-electron chi connectivity index (χ3n) is 2.97. The summed E-state index contributed by atoms with van der Waals surface area (Å²) in [5.41, 5.74) is 2.59. The monoisotopic (exact) mass is 199 g/mol. The predicted molar refractivity (Wildman–Crippen MR) is 60.1 cm³/mol. The van der Waals surface area contributed by atoms with E-state index in [4.69, 9.17) is 4.42 Å². The second-order valence-electron chi connectivity index (χ2n) is 3.87. The molecule has 0 saturated carbocycles. The van der Waals surface area contributed by atoms with Gasteiger partial charge in [-0.25, -0.2) is 0 Å². The molecule has 0 amide bonds. The van der Waals surface area contributed by atoms with Crippen LogP contribution in [0, 0.1) is 0 Å². The number of anilines is 1. The Hall–Kier alpha value is -1.70. The molecule has 2 aromatic rings. The first-order valence-electron chi connectivity index (χ1n) is 5.31. The summed E-state index contributed by atoms with van der Waals surface area (Å²) in [6, 6.07) is 12.5. The molecule has 0 aliphatic carbocycles. The Morgan fingerprint density at radius 2 is 2.07 bits per heavy atom. The van der Waals surface area contributed by atoms with Crippen LogP contribution in [0.5, 0.6) is 0 Å². The SMILES string of the molecule is c1coc(C2CCNc3ccccc32)c1. The highest BCUT2D eigenvalue weighted by molar-refractivity contribution is 5.56. The quantitative estimate of drug-likeness (QED) is 0.762. The van der Waals surface area contributed by atoms with Crippen molar-refractivity contribution in [2.24, 2.45) is 0 Å². The van der Waals surface area contributed by atoms with Gasteiger partial charge in [0.2, 0.25) is 0 Å². The van der Waals surface area contributed by atoms with Crippen molar-refractivity contribution in [3.8, 4) is 0 Å². The molecular formula is C13H13NO. The van der Waals surface area contributed by atoms with Crippen molar-refractivity contribution in [3.05, 3.63) is 54.0 Å². The van der Waals surface area contributed by atoms with Crippen molar-refractivity contribution in [2.45, 2.75) is 12.3 Å². The molecule has 1 atom stereocenters. The van der Waals surface area contributed by atoms with Crippen LogP contribution in [-0.2, 0) is 0 Å². The Morgan fingerprint density at radius 3 is 2.93 bits per heavy atom. The summed E-state index contributed by atoms with van der Waals surface area (Å²) >= 11 is 0. The van der Waals surface area contributed by atoms with Crippen molar-refractivity contribution < 1.29 is 4.42 Å². The molecule has 2 nitrogen and oxygen atoms in total. The van der Waals surface area contributed by atoms with Crippen molar-refractivity contribution in [3.63, 3.8) is 0 Å². The summed E-state index contributed by atoms with van der Waals surface area (Å²) in [7, 11) is 0. The first kappa shape index (κ1) is 8.60. The number of nitrogens with one attached hydrogen (secondary N) is 1. The lowest BCUT2D eigenvalue weighted by Crippen LogP contribution is -2.16. The summed E-state index contributed by atoms with van der Waals surface area (Å²) < 4.78 is 5.50. The molecule has 2 heteroatoms. The fourth-order valence-electron chi connectivity index (χ4n) is 2.25. The zero-order valence-electron chi connectivity index (χ0n) is 8.44. The largest absolute Gasteiger partial charge is 0.469 e. The van der Waals surface area contributed by atoms with Crippen LogP contribution in [0.3, 0.4) is 0 Å². The second-order valence-corrected chi connectivity index (χ2v) is 3.87. The number of hydrogen-bond acceptors (Lipinski definition) is 2. The normalized spacial score (nSPS) is 19.3. The second kappa shape index (κ2) is 3.46. The molecule has 0 fully saturated rings. The van der Waals surface area contributed by atoms with E-state index in [-0.39, 0.29) is 0 Å². The Kier molecular flexibility index (Phi) is 1.98. The number of benzene rings is 1. The molecular weight excluding hydrogens is 186 g/mol. The molecule has 0 saturated heterocycles. The number of hydrogen-bond donors (Lipinski definition) is 1. The van der Waals surface area contributed by atoms with Crippen molar-refractivity contribution >= 4 is 5.69 Å². The molecule has 0 spiro atoms. The predicted octanol–water partition coefficient (Wildman–Crippen LogP) is 3.23. The zero-order chi connectivity index (χ0) is 10.1. The van der Waals surface area contributed by atoms with E-state index in [9.17, 15) is 0 Å². The van der Waals surface area contributed by atoms with Gasteiger partial charge in [0.15, 0.2) is 0 Å². The van der Waals surface area contributed by atoms with Crippen molar-refractivity contribution in [1.29, 1.82) is 0 Å². The lowest BCUT2D eigenvalue weighted by atomic mass is 9.89. The average Bonchev–Trinajstić information content (AvgIpc) is 2.82. The summed E-state index contributed by atoms with van der Waals surface area (Å²) in [4.78, 5) is 0. The highest BCUT2D eigenvalue weighted by atomic mass is 16.3. The topological polar surface area (TPSA) is 25.2 Å². The van der Waals surface area contributed by atoms with E-state index in [2.05, 4.69) is 35.6 Å². The minimum atomic E-state index is 0.414. The van der Waals surface area contributed by atoms with Crippen LogP contribution in [-0.4, -0.2) is 6.54 Å². The van der Waals surface area contributed by atoms with Crippen LogP contribution in [0.15, 0.2) is 47.1 Å².